The molecular weight excluding hydrogens is 291 g/mol. The van der Waals surface area contributed by atoms with E-state index in [1.807, 2.05) is 6.92 Å². The normalized spacial score (nSPS) is 11.5. The molecule has 0 amide bonds. The lowest BCUT2D eigenvalue weighted by Gasteiger charge is -2.09. The maximum absolute atomic E-state index is 12.8. The molecule has 0 atom stereocenters. The van der Waals surface area contributed by atoms with Crippen molar-refractivity contribution in [1.82, 2.24) is 5.32 Å². The highest BCUT2D eigenvalue weighted by Gasteiger charge is 2.12. The molecule has 0 spiro atoms. The molecule has 0 saturated carbocycles. The fraction of sp³-hybridized carbons (Fsp3) is 0.500. The van der Waals surface area contributed by atoms with Gasteiger partial charge in [-0.25, -0.2) is 12.8 Å². The lowest BCUT2D eigenvalue weighted by molar-refractivity contribution is 0.593. The predicted octanol–water partition coefficient (Wildman–Crippen LogP) is 2.61. The first-order valence-corrected chi connectivity index (χ1v) is 8.14. The van der Waals surface area contributed by atoms with E-state index >= 15 is 0 Å². The Morgan fingerprint density at radius 1 is 1.32 bits per heavy atom. The summed E-state index contributed by atoms with van der Waals surface area (Å²) in [7, 11) is -3.45. The summed E-state index contributed by atoms with van der Waals surface area (Å²) in [6.07, 6.45) is 1.52. The molecule has 0 aliphatic heterocycles. The highest BCUT2D eigenvalue weighted by atomic mass is 35.5. The highest BCUT2D eigenvalue weighted by molar-refractivity contribution is 7.92. The van der Waals surface area contributed by atoms with Crippen LogP contribution in [0.25, 0.3) is 0 Å². The van der Waals surface area contributed by atoms with Gasteiger partial charge in [0, 0.05) is 0 Å². The first-order chi connectivity index (χ1) is 8.94. The first-order valence-electron chi connectivity index (χ1n) is 6.11. The van der Waals surface area contributed by atoms with Crippen LogP contribution in [0.15, 0.2) is 18.2 Å². The SMILES string of the molecule is CCCNCCCS(=O)(=O)Nc1ccc(F)cc1Cl. The molecular formula is C12H18ClFN2O2S. The topological polar surface area (TPSA) is 58.2 Å². The van der Waals surface area contributed by atoms with Crippen LogP contribution in [-0.4, -0.2) is 27.3 Å². The summed E-state index contributed by atoms with van der Waals surface area (Å²) in [6, 6.07) is 3.54. The monoisotopic (exact) mass is 308 g/mol. The minimum absolute atomic E-state index is 0.00256. The summed E-state index contributed by atoms with van der Waals surface area (Å²) in [4.78, 5) is 0. The van der Waals surface area contributed by atoms with Gasteiger partial charge in [0.1, 0.15) is 5.82 Å². The Morgan fingerprint density at radius 3 is 2.68 bits per heavy atom. The second-order valence-electron chi connectivity index (χ2n) is 4.15. The lowest BCUT2D eigenvalue weighted by Crippen LogP contribution is -2.22. The molecule has 1 rings (SSSR count). The van der Waals surface area contributed by atoms with Crippen molar-refractivity contribution in [2.45, 2.75) is 19.8 Å². The fourth-order valence-corrected chi connectivity index (χ4v) is 2.89. The van der Waals surface area contributed by atoms with E-state index in [0.29, 0.717) is 13.0 Å². The van der Waals surface area contributed by atoms with Gasteiger partial charge in [-0.2, -0.15) is 0 Å². The summed E-state index contributed by atoms with van der Waals surface area (Å²) in [5, 5.41) is 3.17. The largest absolute Gasteiger partial charge is 0.317 e. The number of sulfonamides is 1. The van der Waals surface area contributed by atoms with E-state index < -0.39 is 15.8 Å². The van der Waals surface area contributed by atoms with Crippen LogP contribution in [0.2, 0.25) is 5.02 Å². The van der Waals surface area contributed by atoms with E-state index in [9.17, 15) is 12.8 Å². The van der Waals surface area contributed by atoms with E-state index in [2.05, 4.69) is 10.0 Å². The Labute approximate surface area is 118 Å². The fourth-order valence-electron chi connectivity index (χ4n) is 1.48. The average molecular weight is 309 g/mol. The Kier molecular flexibility index (Phi) is 6.54. The number of nitrogens with one attached hydrogen (secondary N) is 2. The van der Waals surface area contributed by atoms with Gasteiger partial charge < -0.3 is 5.32 Å². The molecule has 0 fully saturated rings. The molecule has 4 nitrogen and oxygen atoms in total. The van der Waals surface area contributed by atoms with Gasteiger partial charge in [0.25, 0.3) is 0 Å². The molecule has 2 N–H and O–H groups in total. The van der Waals surface area contributed by atoms with Crippen molar-refractivity contribution < 1.29 is 12.8 Å². The van der Waals surface area contributed by atoms with Crippen LogP contribution in [0.5, 0.6) is 0 Å². The number of anilines is 1. The molecule has 0 saturated heterocycles. The van der Waals surface area contributed by atoms with E-state index in [1.54, 1.807) is 0 Å². The molecule has 19 heavy (non-hydrogen) atoms. The van der Waals surface area contributed by atoms with Gasteiger partial charge in [-0.05, 0) is 44.1 Å². The molecule has 0 bridgehead atoms. The van der Waals surface area contributed by atoms with Crippen LogP contribution in [0, 0.1) is 5.82 Å². The molecule has 0 heterocycles. The molecule has 0 aromatic heterocycles. The van der Waals surface area contributed by atoms with Crippen LogP contribution < -0.4 is 10.0 Å². The Hall–Kier alpha value is -0.850. The number of hydrogen-bond donors (Lipinski definition) is 2. The summed E-state index contributed by atoms with van der Waals surface area (Å²) in [5.74, 6) is -0.506. The van der Waals surface area contributed by atoms with Crippen molar-refractivity contribution >= 4 is 27.3 Å². The van der Waals surface area contributed by atoms with Gasteiger partial charge in [-0.1, -0.05) is 18.5 Å². The minimum Gasteiger partial charge on any atom is -0.317 e. The zero-order valence-corrected chi connectivity index (χ0v) is 12.3. The van der Waals surface area contributed by atoms with Gasteiger partial charge in [-0.15, -0.1) is 0 Å². The van der Waals surface area contributed by atoms with Crippen LogP contribution in [0.3, 0.4) is 0 Å². The smallest absolute Gasteiger partial charge is 0.232 e. The first kappa shape index (κ1) is 16.2. The van der Waals surface area contributed by atoms with Crippen molar-refractivity contribution in [2.24, 2.45) is 0 Å². The number of benzene rings is 1. The molecule has 0 aliphatic carbocycles. The summed E-state index contributed by atoms with van der Waals surface area (Å²) >= 11 is 5.76. The van der Waals surface area contributed by atoms with Crippen molar-refractivity contribution in [3.8, 4) is 0 Å². The number of halogens is 2. The Morgan fingerprint density at radius 2 is 2.05 bits per heavy atom. The third kappa shape index (κ3) is 6.22. The molecule has 0 radical (unpaired) electrons. The van der Waals surface area contributed by atoms with E-state index in [0.717, 1.165) is 25.1 Å². The van der Waals surface area contributed by atoms with Crippen molar-refractivity contribution in [3.63, 3.8) is 0 Å². The van der Waals surface area contributed by atoms with Crippen LogP contribution in [-0.2, 0) is 10.0 Å². The van der Waals surface area contributed by atoms with Gasteiger partial charge in [0.15, 0.2) is 0 Å². The maximum atomic E-state index is 12.8. The summed E-state index contributed by atoms with van der Waals surface area (Å²) < 4.78 is 38.7. The van der Waals surface area contributed by atoms with Crippen LogP contribution >= 0.6 is 11.6 Å². The van der Waals surface area contributed by atoms with E-state index in [-0.39, 0.29) is 16.5 Å². The Bertz CT molecular complexity index is 508. The Balaban J connectivity index is 2.50. The zero-order valence-electron chi connectivity index (χ0n) is 10.7. The van der Waals surface area contributed by atoms with Gasteiger partial charge in [0.05, 0.1) is 16.5 Å². The number of rotatable bonds is 8. The second kappa shape index (κ2) is 7.67. The van der Waals surface area contributed by atoms with Gasteiger partial charge in [-0.3, -0.25) is 4.72 Å². The van der Waals surface area contributed by atoms with E-state index in [1.165, 1.54) is 6.07 Å². The maximum Gasteiger partial charge on any atom is 0.232 e. The van der Waals surface area contributed by atoms with Crippen LogP contribution in [0.4, 0.5) is 10.1 Å². The zero-order chi connectivity index (χ0) is 14.3. The third-order valence-electron chi connectivity index (χ3n) is 2.39. The molecule has 0 unspecified atom stereocenters. The van der Waals surface area contributed by atoms with Gasteiger partial charge >= 0.3 is 0 Å². The average Bonchev–Trinajstić information content (AvgIpc) is 2.32. The predicted molar refractivity (Wildman–Crippen MR) is 76.6 cm³/mol. The molecule has 1 aromatic rings. The van der Waals surface area contributed by atoms with Crippen LogP contribution in [0.1, 0.15) is 19.8 Å². The minimum atomic E-state index is -3.45. The summed E-state index contributed by atoms with van der Waals surface area (Å²) in [6.45, 7) is 3.56. The molecule has 7 heteroatoms. The summed E-state index contributed by atoms with van der Waals surface area (Å²) in [5.41, 5.74) is 0.199. The van der Waals surface area contributed by atoms with Crippen molar-refractivity contribution in [1.29, 1.82) is 0 Å². The quantitative estimate of drug-likeness (QED) is 0.726. The molecule has 1 aromatic carbocycles. The van der Waals surface area contributed by atoms with Crippen molar-refractivity contribution in [3.05, 3.63) is 29.0 Å². The molecule has 0 aliphatic rings. The second-order valence-corrected chi connectivity index (χ2v) is 6.40. The van der Waals surface area contributed by atoms with E-state index in [4.69, 9.17) is 11.6 Å². The van der Waals surface area contributed by atoms with Crippen molar-refractivity contribution in [2.75, 3.05) is 23.6 Å². The lowest BCUT2D eigenvalue weighted by atomic mass is 10.3. The number of hydrogen-bond acceptors (Lipinski definition) is 3. The van der Waals surface area contributed by atoms with Gasteiger partial charge in [0.2, 0.25) is 10.0 Å². The standard InChI is InChI=1S/C12H18ClFN2O2S/c1-2-6-15-7-3-8-19(17,18)16-12-5-4-10(14)9-11(12)13/h4-5,9,15-16H,2-3,6-8H2,1H3. The highest BCUT2D eigenvalue weighted by Crippen LogP contribution is 2.23. The molecule has 108 valence electrons. The third-order valence-corrected chi connectivity index (χ3v) is 4.06.